The Bertz CT molecular complexity index is 680. The fraction of sp³-hybridized carbons (Fsp3) is 0.400. The molecule has 0 saturated heterocycles. The van der Waals surface area contributed by atoms with E-state index in [4.69, 9.17) is 9.84 Å². The molecular weight excluding hydrogens is 286 g/mol. The van der Waals surface area contributed by atoms with E-state index in [0.717, 1.165) is 12.8 Å². The molecule has 1 N–H and O–H groups in total. The summed E-state index contributed by atoms with van der Waals surface area (Å²) in [5.41, 5.74) is 0.311. The molecular formula is C15H19N3O4. The number of aromatic nitrogens is 2. The molecule has 0 aliphatic rings. The lowest BCUT2D eigenvalue weighted by Gasteiger charge is -2.17. The number of amides is 1. The van der Waals surface area contributed by atoms with Crippen molar-refractivity contribution in [3.8, 4) is 5.75 Å². The first kappa shape index (κ1) is 15.8. The van der Waals surface area contributed by atoms with Gasteiger partial charge in [-0.3, -0.25) is 4.79 Å². The number of unbranched alkanes of at least 4 members (excludes halogenated alkanes) is 1. The zero-order valence-corrected chi connectivity index (χ0v) is 12.7. The summed E-state index contributed by atoms with van der Waals surface area (Å²) in [6.07, 6.45) is 5.04. The van der Waals surface area contributed by atoms with E-state index in [1.54, 1.807) is 34.7 Å². The van der Waals surface area contributed by atoms with Crippen LogP contribution in [0, 0.1) is 0 Å². The summed E-state index contributed by atoms with van der Waals surface area (Å²) in [7, 11) is 1.74. The maximum Gasteiger partial charge on any atom is 0.356 e. The maximum absolute atomic E-state index is 12.0. The normalized spacial score (nSPS) is 10.6. The predicted molar refractivity (Wildman–Crippen MR) is 80.2 cm³/mol. The SMILES string of the molecule is CCCCN(C)C(=O)COc1cccn2cc(C(=O)O)nc12. The number of hydrogen-bond acceptors (Lipinski definition) is 4. The number of imidazole rings is 1. The minimum absolute atomic E-state index is 0.0672. The molecule has 0 saturated carbocycles. The molecule has 0 fully saturated rings. The molecule has 0 spiro atoms. The Morgan fingerprint density at radius 1 is 1.45 bits per heavy atom. The van der Waals surface area contributed by atoms with Crippen LogP contribution in [-0.2, 0) is 4.79 Å². The second-order valence-electron chi connectivity index (χ2n) is 4.99. The Balaban J connectivity index is 2.08. The molecule has 2 aromatic heterocycles. The van der Waals surface area contributed by atoms with Gasteiger partial charge in [0.15, 0.2) is 23.7 Å². The molecule has 2 heterocycles. The number of ether oxygens (including phenoxy) is 1. The minimum Gasteiger partial charge on any atom is -0.480 e. The first-order valence-electron chi connectivity index (χ1n) is 7.10. The Morgan fingerprint density at radius 2 is 2.23 bits per heavy atom. The van der Waals surface area contributed by atoms with Crippen LogP contribution in [-0.4, -0.2) is 51.5 Å². The van der Waals surface area contributed by atoms with Gasteiger partial charge >= 0.3 is 5.97 Å². The molecule has 22 heavy (non-hydrogen) atoms. The molecule has 0 atom stereocenters. The fourth-order valence-corrected chi connectivity index (χ4v) is 1.97. The highest BCUT2D eigenvalue weighted by molar-refractivity contribution is 5.86. The van der Waals surface area contributed by atoms with Crippen molar-refractivity contribution in [3.63, 3.8) is 0 Å². The second-order valence-corrected chi connectivity index (χ2v) is 4.99. The summed E-state index contributed by atoms with van der Waals surface area (Å²) >= 11 is 0. The number of carbonyl (C=O) groups is 2. The van der Waals surface area contributed by atoms with E-state index < -0.39 is 5.97 Å². The third kappa shape index (κ3) is 3.55. The molecule has 2 rings (SSSR count). The van der Waals surface area contributed by atoms with E-state index in [0.29, 0.717) is 17.9 Å². The van der Waals surface area contributed by atoms with Crippen molar-refractivity contribution in [3.05, 3.63) is 30.2 Å². The molecule has 0 unspecified atom stereocenters. The van der Waals surface area contributed by atoms with Crippen LogP contribution in [0.4, 0.5) is 0 Å². The fourth-order valence-electron chi connectivity index (χ4n) is 1.97. The lowest BCUT2D eigenvalue weighted by atomic mass is 10.3. The molecule has 7 heteroatoms. The molecule has 7 nitrogen and oxygen atoms in total. The average molecular weight is 305 g/mol. The van der Waals surface area contributed by atoms with Gasteiger partial charge in [-0.15, -0.1) is 0 Å². The predicted octanol–water partition coefficient (Wildman–Crippen LogP) is 1.67. The van der Waals surface area contributed by atoms with E-state index in [1.165, 1.54) is 6.20 Å². The van der Waals surface area contributed by atoms with Crippen LogP contribution in [0.2, 0.25) is 0 Å². The zero-order chi connectivity index (χ0) is 16.1. The summed E-state index contributed by atoms with van der Waals surface area (Å²) < 4.78 is 7.07. The van der Waals surface area contributed by atoms with E-state index in [-0.39, 0.29) is 18.2 Å². The highest BCUT2D eigenvalue weighted by atomic mass is 16.5. The summed E-state index contributed by atoms with van der Waals surface area (Å²) in [6, 6.07) is 3.37. The van der Waals surface area contributed by atoms with E-state index in [1.807, 2.05) is 0 Å². The van der Waals surface area contributed by atoms with Crippen molar-refractivity contribution in [2.45, 2.75) is 19.8 Å². The molecule has 0 aromatic carbocycles. The number of pyridine rings is 1. The van der Waals surface area contributed by atoms with Gasteiger partial charge in [0.05, 0.1) is 0 Å². The Hall–Kier alpha value is -2.57. The Labute approximate surface area is 128 Å². The van der Waals surface area contributed by atoms with Crippen molar-refractivity contribution in [2.24, 2.45) is 0 Å². The van der Waals surface area contributed by atoms with Gasteiger partial charge in [0.1, 0.15) is 0 Å². The number of carboxylic acids is 1. The number of carboxylic acid groups (broad SMARTS) is 1. The van der Waals surface area contributed by atoms with Crippen molar-refractivity contribution < 1.29 is 19.4 Å². The van der Waals surface area contributed by atoms with Crippen molar-refractivity contribution in [2.75, 3.05) is 20.2 Å². The smallest absolute Gasteiger partial charge is 0.356 e. The largest absolute Gasteiger partial charge is 0.480 e. The second kappa shape index (κ2) is 6.93. The van der Waals surface area contributed by atoms with Crippen LogP contribution in [0.1, 0.15) is 30.3 Å². The number of likely N-dealkylation sites (N-methyl/N-ethyl adjacent to an activating group) is 1. The summed E-state index contributed by atoms with van der Waals surface area (Å²) in [6.45, 7) is 2.65. The van der Waals surface area contributed by atoms with Gasteiger partial charge in [0, 0.05) is 26.0 Å². The number of carbonyl (C=O) groups excluding carboxylic acids is 1. The van der Waals surface area contributed by atoms with Gasteiger partial charge in [-0.2, -0.15) is 0 Å². The number of aromatic carboxylic acids is 1. The highest BCUT2D eigenvalue weighted by Crippen LogP contribution is 2.19. The van der Waals surface area contributed by atoms with Crippen LogP contribution in [0.15, 0.2) is 24.5 Å². The van der Waals surface area contributed by atoms with Crippen LogP contribution in [0.5, 0.6) is 5.75 Å². The first-order chi connectivity index (χ1) is 10.5. The van der Waals surface area contributed by atoms with Gasteiger partial charge in [0.2, 0.25) is 0 Å². The minimum atomic E-state index is -1.11. The number of rotatable bonds is 7. The van der Waals surface area contributed by atoms with Gasteiger partial charge < -0.3 is 19.1 Å². The zero-order valence-electron chi connectivity index (χ0n) is 12.7. The molecule has 1 amide bonds. The molecule has 0 bridgehead atoms. The van der Waals surface area contributed by atoms with E-state index in [9.17, 15) is 9.59 Å². The highest BCUT2D eigenvalue weighted by Gasteiger charge is 2.14. The lowest BCUT2D eigenvalue weighted by Crippen LogP contribution is -2.32. The molecule has 2 aromatic rings. The quantitative estimate of drug-likeness (QED) is 0.841. The summed E-state index contributed by atoms with van der Waals surface area (Å²) in [5, 5.41) is 8.97. The summed E-state index contributed by atoms with van der Waals surface area (Å²) in [4.78, 5) is 28.5. The topological polar surface area (TPSA) is 84.1 Å². The Morgan fingerprint density at radius 3 is 2.91 bits per heavy atom. The van der Waals surface area contributed by atoms with Gasteiger partial charge in [-0.25, -0.2) is 9.78 Å². The Kier molecular flexibility index (Phi) is 4.98. The standard InChI is InChI=1S/C15H19N3O4/c1-3-4-7-17(2)13(19)10-22-12-6-5-8-18-9-11(15(20)21)16-14(12)18/h5-6,8-9H,3-4,7,10H2,1-2H3,(H,20,21). The number of nitrogens with zero attached hydrogens (tertiary/aromatic N) is 3. The van der Waals surface area contributed by atoms with Gasteiger partial charge in [-0.05, 0) is 18.6 Å². The molecule has 118 valence electrons. The van der Waals surface area contributed by atoms with Crippen LogP contribution >= 0.6 is 0 Å². The van der Waals surface area contributed by atoms with E-state index in [2.05, 4.69) is 11.9 Å². The van der Waals surface area contributed by atoms with Crippen LogP contribution < -0.4 is 4.74 Å². The molecule has 0 aliphatic heterocycles. The number of fused-ring (bicyclic) bond motifs is 1. The molecule has 0 radical (unpaired) electrons. The monoisotopic (exact) mass is 305 g/mol. The maximum atomic E-state index is 12.0. The average Bonchev–Trinajstić information content (AvgIpc) is 2.95. The van der Waals surface area contributed by atoms with Crippen molar-refractivity contribution in [1.29, 1.82) is 0 Å². The van der Waals surface area contributed by atoms with Crippen molar-refractivity contribution >= 4 is 17.5 Å². The third-order valence-electron chi connectivity index (χ3n) is 3.29. The van der Waals surface area contributed by atoms with Crippen LogP contribution in [0.3, 0.4) is 0 Å². The van der Waals surface area contributed by atoms with E-state index >= 15 is 0 Å². The van der Waals surface area contributed by atoms with Gasteiger partial charge in [-0.1, -0.05) is 13.3 Å². The lowest BCUT2D eigenvalue weighted by molar-refractivity contribution is -0.132. The first-order valence-corrected chi connectivity index (χ1v) is 7.10. The third-order valence-corrected chi connectivity index (χ3v) is 3.29. The summed E-state index contributed by atoms with van der Waals surface area (Å²) in [5.74, 6) is -0.849. The van der Waals surface area contributed by atoms with Gasteiger partial charge in [0.25, 0.3) is 5.91 Å². The van der Waals surface area contributed by atoms with Crippen molar-refractivity contribution in [1.82, 2.24) is 14.3 Å². The number of hydrogen-bond donors (Lipinski definition) is 1. The molecule has 0 aliphatic carbocycles. The van der Waals surface area contributed by atoms with Crippen LogP contribution in [0.25, 0.3) is 5.65 Å².